The summed E-state index contributed by atoms with van der Waals surface area (Å²) in [4.78, 5) is 49.3. The molecule has 0 rings (SSSR count). The largest absolute Gasteiger partial charge is 0.471 e. The number of ether oxygens (including phenoxy) is 2. The van der Waals surface area contributed by atoms with Crippen LogP contribution in [0.25, 0.3) is 0 Å². The van der Waals surface area contributed by atoms with Gasteiger partial charge in [0.25, 0.3) is 0 Å². The highest BCUT2D eigenvalue weighted by molar-refractivity contribution is 5.82. The van der Waals surface area contributed by atoms with Gasteiger partial charge in [-0.05, 0) is 12.8 Å². The van der Waals surface area contributed by atoms with Crippen LogP contribution in [0.5, 0.6) is 0 Å². The standard InChI is InChI=1S/C24H40F6N4O6/c1-3-5-7-9-17-39-21(37)33(13-11-31-19(35)23(25,26)27)15-16-34(14-12-32-20(36)24(28,29)30)22(38)40-18-10-8-6-4-2/h3-18H2,1-2H3,(H,31,35)(H,32,36). The minimum atomic E-state index is -5.12. The third-order valence-electron chi connectivity index (χ3n) is 5.45. The second-order valence-corrected chi connectivity index (χ2v) is 8.83. The maximum Gasteiger partial charge on any atom is 0.471 e. The van der Waals surface area contributed by atoms with E-state index in [-0.39, 0.29) is 26.3 Å². The molecule has 0 saturated carbocycles. The Hall–Kier alpha value is -2.94. The maximum absolute atomic E-state index is 12.6. The quantitative estimate of drug-likeness (QED) is 0.169. The zero-order valence-corrected chi connectivity index (χ0v) is 22.9. The Morgan fingerprint density at radius 3 is 1.23 bits per heavy atom. The molecule has 16 heteroatoms. The SMILES string of the molecule is CCCCCCOC(=O)N(CCNC(=O)C(F)(F)F)CCN(CCNC(=O)C(F)(F)F)C(=O)OCCCCCC. The van der Waals surface area contributed by atoms with Crippen molar-refractivity contribution in [3.8, 4) is 0 Å². The number of carbonyl (C=O) groups excluding carboxylic acids is 4. The lowest BCUT2D eigenvalue weighted by Gasteiger charge is -2.27. The number of hydrogen-bond acceptors (Lipinski definition) is 6. The van der Waals surface area contributed by atoms with Gasteiger partial charge in [0.05, 0.1) is 13.2 Å². The number of amides is 4. The minimum Gasteiger partial charge on any atom is -0.449 e. The molecule has 0 fully saturated rings. The summed E-state index contributed by atoms with van der Waals surface area (Å²) in [5, 5.41) is 3.27. The Labute approximate surface area is 230 Å². The van der Waals surface area contributed by atoms with E-state index in [9.17, 15) is 45.5 Å². The highest BCUT2D eigenvalue weighted by atomic mass is 19.4. The molecular formula is C24H40F6N4O6. The first-order valence-corrected chi connectivity index (χ1v) is 13.3. The molecule has 0 radical (unpaired) electrons. The van der Waals surface area contributed by atoms with Crippen molar-refractivity contribution in [2.75, 3.05) is 52.5 Å². The molecule has 10 nitrogen and oxygen atoms in total. The zero-order chi connectivity index (χ0) is 30.6. The zero-order valence-electron chi connectivity index (χ0n) is 22.9. The van der Waals surface area contributed by atoms with E-state index in [1.165, 1.54) is 0 Å². The molecular weight excluding hydrogens is 554 g/mol. The van der Waals surface area contributed by atoms with Crippen LogP contribution in [0.3, 0.4) is 0 Å². The smallest absolute Gasteiger partial charge is 0.449 e. The summed E-state index contributed by atoms with van der Waals surface area (Å²) < 4.78 is 85.2. The van der Waals surface area contributed by atoms with E-state index >= 15 is 0 Å². The number of rotatable bonds is 19. The second-order valence-electron chi connectivity index (χ2n) is 8.83. The Morgan fingerprint density at radius 2 is 0.925 bits per heavy atom. The first kappa shape index (κ1) is 37.1. The number of carbonyl (C=O) groups is 4. The topological polar surface area (TPSA) is 117 Å². The molecule has 0 aromatic heterocycles. The summed E-state index contributed by atoms with van der Waals surface area (Å²) >= 11 is 0. The summed E-state index contributed by atoms with van der Waals surface area (Å²) in [6, 6.07) is 0. The first-order chi connectivity index (χ1) is 18.7. The molecule has 0 aromatic rings. The molecule has 2 N–H and O–H groups in total. The Bertz CT molecular complexity index is 705. The highest BCUT2D eigenvalue weighted by Gasteiger charge is 2.39. The van der Waals surface area contributed by atoms with E-state index in [0.29, 0.717) is 12.8 Å². The van der Waals surface area contributed by atoms with Gasteiger partial charge in [0.15, 0.2) is 0 Å². The molecule has 0 spiro atoms. The van der Waals surface area contributed by atoms with Crippen LogP contribution >= 0.6 is 0 Å². The van der Waals surface area contributed by atoms with Crippen molar-refractivity contribution in [1.82, 2.24) is 20.4 Å². The molecule has 0 heterocycles. The summed E-state index contributed by atoms with van der Waals surface area (Å²) in [5.74, 6) is -4.40. The summed E-state index contributed by atoms with van der Waals surface area (Å²) in [7, 11) is 0. The van der Waals surface area contributed by atoms with Crippen LogP contribution in [-0.4, -0.2) is 98.6 Å². The maximum atomic E-state index is 12.6. The Kier molecular flexibility index (Phi) is 18.5. The number of halogens is 6. The number of unbranched alkanes of at least 4 members (excludes halogenated alkanes) is 6. The number of alkyl halides is 6. The van der Waals surface area contributed by atoms with Crippen molar-refractivity contribution in [1.29, 1.82) is 0 Å². The first-order valence-electron chi connectivity index (χ1n) is 13.3. The number of nitrogens with zero attached hydrogens (tertiary/aromatic N) is 2. The van der Waals surface area contributed by atoms with Crippen molar-refractivity contribution in [3.05, 3.63) is 0 Å². The fraction of sp³-hybridized carbons (Fsp3) is 0.833. The molecule has 234 valence electrons. The summed E-state index contributed by atoms with van der Waals surface area (Å²) in [5.41, 5.74) is 0. The van der Waals surface area contributed by atoms with Crippen molar-refractivity contribution < 1.29 is 55.0 Å². The van der Waals surface area contributed by atoms with Crippen LogP contribution in [0.15, 0.2) is 0 Å². The van der Waals surface area contributed by atoms with Gasteiger partial charge in [-0.1, -0.05) is 52.4 Å². The van der Waals surface area contributed by atoms with Gasteiger partial charge in [-0.25, -0.2) is 9.59 Å². The van der Waals surface area contributed by atoms with E-state index in [4.69, 9.17) is 9.47 Å². The Balaban J connectivity index is 5.29. The minimum absolute atomic E-state index is 0.0389. The second kappa shape index (κ2) is 20.0. The molecule has 0 bridgehead atoms. The molecule has 0 aliphatic rings. The number of nitrogens with one attached hydrogen (secondary N) is 2. The normalized spacial score (nSPS) is 11.5. The monoisotopic (exact) mass is 594 g/mol. The third kappa shape index (κ3) is 17.6. The van der Waals surface area contributed by atoms with Gasteiger partial charge in [-0.3, -0.25) is 9.59 Å². The van der Waals surface area contributed by atoms with Crippen LogP contribution in [0.2, 0.25) is 0 Å². The van der Waals surface area contributed by atoms with Crippen LogP contribution in [0.1, 0.15) is 65.2 Å². The predicted molar refractivity (Wildman–Crippen MR) is 132 cm³/mol. The van der Waals surface area contributed by atoms with Gasteiger partial charge in [0.1, 0.15) is 0 Å². The predicted octanol–water partition coefficient (Wildman–Crippen LogP) is 4.38. The van der Waals surface area contributed by atoms with Crippen molar-refractivity contribution in [2.45, 2.75) is 77.6 Å². The van der Waals surface area contributed by atoms with Crippen molar-refractivity contribution in [2.24, 2.45) is 0 Å². The van der Waals surface area contributed by atoms with Gasteiger partial charge in [0, 0.05) is 39.3 Å². The van der Waals surface area contributed by atoms with E-state index in [1.807, 2.05) is 13.8 Å². The van der Waals surface area contributed by atoms with Crippen LogP contribution in [0.4, 0.5) is 35.9 Å². The van der Waals surface area contributed by atoms with Gasteiger partial charge in [-0.15, -0.1) is 0 Å². The molecule has 0 aliphatic carbocycles. The average Bonchev–Trinajstić information content (AvgIpc) is 2.87. The van der Waals surface area contributed by atoms with Crippen LogP contribution in [-0.2, 0) is 19.1 Å². The lowest BCUT2D eigenvalue weighted by Crippen LogP contribution is -2.48. The molecule has 40 heavy (non-hydrogen) atoms. The van der Waals surface area contributed by atoms with E-state index in [2.05, 4.69) is 0 Å². The summed E-state index contributed by atoms with van der Waals surface area (Å²) in [6.07, 6.45) is -5.70. The molecule has 4 amide bonds. The molecule has 0 unspecified atom stereocenters. The van der Waals surface area contributed by atoms with Gasteiger partial charge in [0.2, 0.25) is 0 Å². The number of hydrogen-bond donors (Lipinski definition) is 2. The van der Waals surface area contributed by atoms with E-state index < -0.39 is 62.5 Å². The fourth-order valence-corrected chi connectivity index (χ4v) is 3.20. The molecule has 0 saturated heterocycles. The Morgan fingerprint density at radius 1 is 0.575 bits per heavy atom. The van der Waals surface area contributed by atoms with Crippen LogP contribution in [0, 0.1) is 0 Å². The van der Waals surface area contributed by atoms with Crippen molar-refractivity contribution in [3.63, 3.8) is 0 Å². The molecule has 0 aromatic carbocycles. The fourth-order valence-electron chi connectivity index (χ4n) is 3.20. The average molecular weight is 595 g/mol. The van der Waals surface area contributed by atoms with Gasteiger partial charge in [-0.2, -0.15) is 26.3 Å². The van der Waals surface area contributed by atoms with E-state index in [0.717, 1.165) is 48.3 Å². The van der Waals surface area contributed by atoms with Crippen LogP contribution < -0.4 is 10.6 Å². The lowest BCUT2D eigenvalue weighted by atomic mass is 10.2. The summed E-state index contributed by atoms with van der Waals surface area (Å²) in [6.45, 7) is 1.50. The third-order valence-corrected chi connectivity index (χ3v) is 5.45. The highest BCUT2D eigenvalue weighted by Crippen LogP contribution is 2.14. The van der Waals surface area contributed by atoms with Gasteiger partial charge >= 0.3 is 36.4 Å². The molecule has 0 atom stereocenters. The lowest BCUT2D eigenvalue weighted by molar-refractivity contribution is -0.173. The van der Waals surface area contributed by atoms with E-state index in [1.54, 1.807) is 10.6 Å². The van der Waals surface area contributed by atoms with Gasteiger partial charge < -0.3 is 29.9 Å². The molecule has 0 aliphatic heterocycles. The van der Waals surface area contributed by atoms with Crippen molar-refractivity contribution >= 4 is 24.0 Å².